The molecule has 1 aliphatic rings. The monoisotopic (exact) mass is 442 g/mol. The van der Waals surface area contributed by atoms with E-state index < -0.39 is 0 Å². The molecule has 0 N–H and O–H groups in total. The molecule has 0 amide bonds. The van der Waals surface area contributed by atoms with Crippen molar-refractivity contribution in [1.82, 2.24) is 0 Å². The van der Waals surface area contributed by atoms with Gasteiger partial charge in [0, 0.05) is 35.7 Å². The topological polar surface area (TPSA) is 34.1 Å². The Balaban J connectivity index is 2.36. The fourth-order valence-electron chi connectivity index (χ4n) is 2.14. The lowest BCUT2D eigenvalue weighted by atomic mass is 9.84. The van der Waals surface area contributed by atoms with Crippen molar-refractivity contribution in [1.29, 1.82) is 0 Å². The average molecular weight is 445 g/mol. The second-order valence-corrected chi connectivity index (χ2v) is 6.70. The molecule has 0 fully saturated rings. The Labute approximate surface area is 134 Å². The molecule has 0 aliphatic heterocycles. The standard InChI is InChI=1S/C14H5Br3O2/c15-6-1-2-7-9(5-6)13(18)8-3-4-10(16)12(17)11(8)14(7)19/h1-5H. The first-order chi connectivity index (χ1) is 9.00. The molecule has 0 bridgehead atoms. The summed E-state index contributed by atoms with van der Waals surface area (Å²) in [5, 5.41) is 0. The molecule has 0 spiro atoms. The van der Waals surface area contributed by atoms with Gasteiger partial charge in [0.1, 0.15) is 0 Å². The van der Waals surface area contributed by atoms with Crippen LogP contribution in [-0.4, -0.2) is 11.6 Å². The highest BCUT2D eigenvalue weighted by Crippen LogP contribution is 2.36. The second-order valence-electron chi connectivity index (χ2n) is 4.13. The highest BCUT2D eigenvalue weighted by molar-refractivity contribution is 9.13. The lowest BCUT2D eigenvalue weighted by Crippen LogP contribution is -2.21. The van der Waals surface area contributed by atoms with Gasteiger partial charge in [0.25, 0.3) is 0 Å². The van der Waals surface area contributed by atoms with Crippen molar-refractivity contribution in [2.45, 2.75) is 0 Å². The Morgan fingerprint density at radius 3 is 2.16 bits per heavy atom. The predicted molar refractivity (Wildman–Crippen MR) is 82.8 cm³/mol. The van der Waals surface area contributed by atoms with Gasteiger partial charge in [0.15, 0.2) is 11.6 Å². The summed E-state index contributed by atoms with van der Waals surface area (Å²) in [4.78, 5) is 25.0. The molecule has 0 aromatic heterocycles. The summed E-state index contributed by atoms with van der Waals surface area (Å²) >= 11 is 10.0. The highest BCUT2D eigenvalue weighted by Gasteiger charge is 2.31. The largest absolute Gasteiger partial charge is 0.289 e. The van der Waals surface area contributed by atoms with Crippen LogP contribution in [-0.2, 0) is 0 Å². The van der Waals surface area contributed by atoms with E-state index >= 15 is 0 Å². The Kier molecular flexibility index (Phi) is 3.23. The molecular weight excluding hydrogens is 440 g/mol. The Bertz CT molecular complexity index is 751. The minimum absolute atomic E-state index is 0.126. The van der Waals surface area contributed by atoms with Crippen LogP contribution in [0.3, 0.4) is 0 Å². The molecule has 3 rings (SSSR count). The van der Waals surface area contributed by atoms with Crippen molar-refractivity contribution in [3.8, 4) is 0 Å². The zero-order chi connectivity index (χ0) is 13.7. The quantitative estimate of drug-likeness (QED) is 0.501. The van der Waals surface area contributed by atoms with Gasteiger partial charge in [-0.3, -0.25) is 9.59 Å². The maximum absolute atomic E-state index is 12.5. The fraction of sp³-hybridized carbons (Fsp3) is 0. The molecular formula is C14H5Br3O2. The van der Waals surface area contributed by atoms with Crippen molar-refractivity contribution in [2.75, 3.05) is 0 Å². The van der Waals surface area contributed by atoms with Crippen LogP contribution in [0.1, 0.15) is 31.8 Å². The van der Waals surface area contributed by atoms with E-state index in [0.717, 1.165) is 8.95 Å². The lowest BCUT2D eigenvalue weighted by molar-refractivity contribution is 0.0978. The number of rotatable bonds is 0. The zero-order valence-corrected chi connectivity index (χ0v) is 14.1. The van der Waals surface area contributed by atoms with E-state index in [9.17, 15) is 9.59 Å². The molecule has 2 nitrogen and oxygen atoms in total. The van der Waals surface area contributed by atoms with Crippen molar-refractivity contribution in [3.05, 3.63) is 66.0 Å². The third-order valence-electron chi connectivity index (χ3n) is 3.04. The number of fused-ring (bicyclic) bond motifs is 2. The second kappa shape index (κ2) is 4.65. The molecule has 2 aromatic rings. The molecule has 2 aromatic carbocycles. The van der Waals surface area contributed by atoms with Crippen molar-refractivity contribution in [3.63, 3.8) is 0 Å². The first kappa shape index (κ1) is 13.2. The molecule has 0 saturated carbocycles. The van der Waals surface area contributed by atoms with E-state index in [-0.39, 0.29) is 11.6 Å². The smallest absolute Gasteiger partial charge is 0.195 e. The van der Waals surface area contributed by atoms with Gasteiger partial charge in [-0.15, -0.1) is 0 Å². The van der Waals surface area contributed by atoms with Crippen LogP contribution < -0.4 is 0 Å². The summed E-state index contributed by atoms with van der Waals surface area (Å²) in [6.07, 6.45) is 0. The fourth-order valence-corrected chi connectivity index (χ4v) is 3.36. The first-order valence-corrected chi connectivity index (χ1v) is 7.75. The van der Waals surface area contributed by atoms with Crippen LogP contribution in [0.2, 0.25) is 0 Å². The van der Waals surface area contributed by atoms with Gasteiger partial charge in [-0.2, -0.15) is 0 Å². The minimum atomic E-state index is -0.134. The number of halogens is 3. The van der Waals surface area contributed by atoms with E-state index in [0.29, 0.717) is 26.7 Å². The summed E-state index contributed by atoms with van der Waals surface area (Å²) in [7, 11) is 0. The van der Waals surface area contributed by atoms with Crippen molar-refractivity contribution < 1.29 is 9.59 Å². The van der Waals surface area contributed by atoms with E-state index in [4.69, 9.17) is 0 Å². The zero-order valence-electron chi connectivity index (χ0n) is 9.34. The van der Waals surface area contributed by atoms with Crippen LogP contribution in [0.5, 0.6) is 0 Å². The van der Waals surface area contributed by atoms with Gasteiger partial charge in [0.2, 0.25) is 0 Å². The number of hydrogen-bond acceptors (Lipinski definition) is 2. The summed E-state index contributed by atoms with van der Waals surface area (Å²) in [5.41, 5.74) is 1.75. The predicted octanol–water partition coefficient (Wildman–Crippen LogP) is 4.75. The Morgan fingerprint density at radius 1 is 0.737 bits per heavy atom. The van der Waals surface area contributed by atoms with E-state index in [2.05, 4.69) is 47.8 Å². The number of carbonyl (C=O) groups excluding carboxylic acids is 2. The van der Waals surface area contributed by atoms with Gasteiger partial charge < -0.3 is 0 Å². The minimum Gasteiger partial charge on any atom is -0.289 e. The highest BCUT2D eigenvalue weighted by atomic mass is 79.9. The number of ketones is 2. The van der Waals surface area contributed by atoms with Crippen LogP contribution in [0.25, 0.3) is 0 Å². The summed E-state index contributed by atoms with van der Waals surface area (Å²) in [5.74, 6) is -0.260. The van der Waals surface area contributed by atoms with Crippen LogP contribution in [0.4, 0.5) is 0 Å². The summed E-state index contributed by atoms with van der Waals surface area (Å²) in [6.45, 7) is 0. The molecule has 94 valence electrons. The molecule has 0 radical (unpaired) electrons. The van der Waals surface area contributed by atoms with E-state index in [1.54, 1.807) is 30.3 Å². The van der Waals surface area contributed by atoms with E-state index in [1.165, 1.54) is 0 Å². The normalized spacial score (nSPS) is 13.2. The molecule has 0 atom stereocenters. The molecule has 0 saturated heterocycles. The number of benzene rings is 2. The van der Waals surface area contributed by atoms with Crippen LogP contribution in [0, 0.1) is 0 Å². The first-order valence-electron chi connectivity index (χ1n) is 5.37. The Hall–Kier alpha value is -0.780. The van der Waals surface area contributed by atoms with Gasteiger partial charge in [0.05, 0.1) is 0 Å². The van der Waals surface area contributed by atoms with E-state index in [1.807, 2.05) is 0 Å². The van der Waals surface area contributed by atoms with Gasteiger partial charge in [-0.1, -0.05) is 15.9 Å². The van der Waals surface area contributed by atoms with Crippen LogP contribution >= 0.6 is 47.8 Å². The summed E-state index contributed by atoms with van der Waals surface area (Å²) < 4.78 is 2.16. The van der Waals surface area contributed by atoms with Gasteiger partial charge in [-0.05, 0) is 62.2 Å². The van der Waals surface area contributed by atoms with Crippen LogP contribution in [0.15, 0.2) is 43.7 Å². The SMILES string of the molecule is O=C1c2cc(Br)ccc2C(=O)c2c1ccc(Br)c2Br. The molecule has 0 unspecified atom stereocenters. The maximum Gasteiger partial charge on any atom is 0.195 e. The molecule has 5 heteroatoms. The molecule has 19 heavy (non-hydrogen) atoms. The van der Waals surface area contributed by atoms with Crippen molar-refractivity contribution in [2.24, 2.45) is 0 Å². The third-order valence-corrected chi connectivity index (χ3v) is 5.55. The maximum atomic E-state index is 12.5. The molecule has 0 heterocycles. The van der Waals surface area contributed by atoms with Gasteiger partial charge in [-0.25, -0.2) is 0 Å². The molecule has 1 aliphatic carbocycles. The lowest BCUT2D eigenvalue weighted by Gasteiger charge is -2.19. The number of hydrogen-bond donors (Lipinski definition) is 0. The third kappa shape index (κ3) is 1.95. The average Bonchev–Trinajstić information content (AvgIpc) is 2.39. The van der Waals surface area contributed by atoms with Crippen molar-refractivity contribution >= 4 is 59.4 Å². The summed E-state index contributed by atoms with van der Waals surface area (Å²) in [6, 6.07) is 8.57. The van der Waals surface area contributed by atoms with Gasteiger partial charge >= 0.3 is 0 Å². The number of carbonyl (C=O) groups is 2. The Morgan fingerprint density at radius 2 is 1.42 bits per heavy atom.